The topological polar surface area (TPSA) is 110 Å². The third-order valence-electron chi connectivity index (χ3n) is 4.59. The summed E-state index contributed by atoms with van der Waals surface area (Å²) >= 11 is 0. The van der Waals surface area contributed by atoms with Crippen LogP contribution >= 0.6 is 0 Å². The fourth-order valence-corrected chi connectivity index (χ4v) is 3.12. The van der Waals surface area contributed by atoms with Crippen molar-refractivity contribution in [2.45, 2.75) is 26.8 Å². The van der Waals surface area contributed by atoms with Gasteiger partial charge in [-0.05, 0) is 32.9 Å². The Morgan fingerprint density at radius 1 is 1.25 bits per heavy atom. The van der Waals surface area contributed by atoms with Crippen LogP contribution in [0.25, 0.3) is 28.1 Å². The van der Waals surface area contributed by atoms with E-state index in [-0.39, 0.29) is 35.2 Å². The molecule has 0 saturated heterocycles. The molecule has 1 aromatic carbocycles. The lowest BCUT2D eigenvalue weighted by molar-refractivity contribution is 0.168. The molecule has 2 aromatic heterocycles. The predicted molar refractivity (Wildman–Crippen MR) is 123 cm³/mol. The normalized spacial score (nSPS) is 10.5. The molecule has 3 aromatic rings. The van der Waals surface area contributed by atoms with Crippen molar-refractivity contribution in [3.63, 3.8) is 0 Å². The first-order chi connectivity index (χ1) is 15.3. The molecular weight excluding hydrogens is 406 g/mol. The van der Waals surface area contributed by atoms with E-state index in [1.807, 2.05) is 50.2 Å². The number of nitrogens with zero attached hydrogens (tertiary/aromatic N) is 4. The molecule has 8 nitrogen and oxygen atoms in total. The highest BCUT2D eigenvalue weighted by Gasteiger charge is 2.20. The van der Waals surface area contributed by atoms with E-state index >= 15 is 0 Å². The lowest BCUT2D eigenvalue weighted by atomic mass is 10.00. The van der Waals surface area contributed by atoms with Gasteiger partial charge in [0.05, 0.1) is 35.3 Å². The van der Waals surface area contributed by atoms with Crippen molar-refractivity contribution in [3.8, 4) is 28.6 Å². The lowest BCUT2D eigenvalue weighted by Crippen LogP contribution is -2.24. The summed E-state index contributed by atoms with van der Waals surface area (Å²) < 4.78 is 6.37. The largest absolute Gasteiger partial charge is 0.450 e. The maximum Gasteiger partial charge on any atom is 0.411 e. The van der Waals surface area contributed by atoms with Gasteiger partial charge in [-0.1, -0.05) is 36.9 Å². The number of hydrogen-bond acceptors (Lipinski definition) is 6. The second-order valence-corrected chi connectivity index (χ2v) is 7.18. The first-order valence-electron chi connectivity index (χ1n) is 10.1. The van der Waals surface area contributed by atoms with Gasteiger partial charge >= 0.3 is 6.09 Å². The van der Waals surface area contributed by atoms with Crippen LogP contribution in [-0.2, 0) is 4.74 Å². The van der Waals surface area contributed by atoms with Crippen LogP contribution in [0.15, 0.2) is 59.9 Å². The van der Waals surface area contributed by atoms with Gasteiger partial charge in [0.2, 0.25) is 0 Å². The van der Waals surface area contributed by atoms with Gasteiger partial charge < -0.3 is 4.74 Å². The Kier molecular flexibility index (Phi) is 6.80. The molecule has 0 spiro atoms. The molecule has 2 heterocycles. The quantitative estimate of drug-likeness (QED) is 0.571. The zero-order valence-corrected chi connectivity index (χ0v) is 18.1. The Balaban J connectivity index is 2.32. The highest BCUT2D eigenvalue weighted by atomic mass is 16.5. The minimum Gasteiger partial charge on any atom is -0.450 e. The van der Waals surface area contributed by atoms with Gasteiger partial charge in [-0.25, -0.2) is 14.5 Å². The van der Waals surface area contributed by atoms with E-state index in [4.69, 9.17) is 4.74 Å². The smallest absolute Gasteiger partial charge is 0.411 e. The fourth-order valence-electron chi connectivity index (χ4n) is 3.12. The van der Waals surface area contributed by atoms with E-state index < -0.39 is 6.09 Å². The average Bonchev–Trinajstić information content (AvgIpc) is 2.79. The minimum absolute atomic E-state index is 0.0839. The van der Waals surface area contributed by atoms with Crippen LogP contribution in [-0.4, -0.2) is 27.5 Å². The van der Waals surface area contributed by atoms with Gasteiger partial charge in [0.1, 0.15) is 11.8 Å². The predicted octanol–water partition coefficient (Wildman–Crippen LogP) is 4.66. The molecule has 0 fully saturated rings. The molecule has 0 aliphatic rings. The van der Waals surface area contributed by atoms with E-state index in [1.54, 1.807) is 19.1 Å². The van der Waals surface area contributed by atoms with Crippen molar-refractivity contribution in [1.82, 2.24) is 14.8 Å². The van der Waals surface area contributed by atoms with Crippen molar-refractivity contribution in [1.29, 1.82) is 5.26 Å². The highest BCUT2D eigenvalue weighted by Crippen LogP contribution is 2.35. The van der Waals surface area contributed by atoms with Gasteiger partial charge in [-0.15, -0.1) is 0 Å². The zero-order valence-electron chi connectivity index (χ0n) is 18.1. The maximum absolute atomic E-state index is 12.2. The first kappa shape index (κ1) is 22.4. The summed E-state index contributed by atoms with van der Waals surface area (Å²) in [5.41, 5.74) is 2.72. The third-order valence-corrected chi connectivity index (χ3v) is 4.59. The van der Waals surface area contributed by atoms with Gasteiger partial charge in [0.25, 0.3) is 5.56 Å². The Morgan fingerprint density at radius 2 is 1.97 bits per heavy atom. The van der Waals surface area contributed by atoms with Crippen LogP contribution < -0.4 is 10.9 Å². The van der Waals surface area contributed by atoms with Crippen LogP contribution in [0.4, 0.5) is 10.5 Å². The summed E-state index contributed by atoms with van der Waals surface area (Å²) in [4.78, 5) is 29.0. The van der Waals surface area contributed by atoms with Crippen LogP contribution in [0.3, 0.4) is 0 Å². The van der Waals surface area contributed by atoms with Crippen molar-refractivity contribution in [3.05, 3.63) is 71.2 Å². The number of rotatable bonds is 6. The van der Waals surface area contributed by atoms with Crippen molar-refractivity contribution in [2.24, 2.45) is 0 Å². The number of nitriles is 1. The molecule has 3 rings (SSSR count). The Morgan fingerprint density at radius 3 is 2.59 bits per heavy atom. The minimum atomic E-state index is -0.681. The number of aromatic nitrogens is 3. The van der Waals surface area contributed by atoms with E-state index in [2.05, 4.69) is 22.0 Å². The van der Waals surface area contributed by atoms with Crippen molar-refractivity contribution < 1.29 is 9.53 Å². The van der Waals surface area contributed by atoms with E-state index in [0.717, 1.165) is 5.56 Å². The summed E-state index contributed by atoms with van der Waals surface area (Å²) in [6, 6.07) is 15.9. The molecule has 1 amide bonds. The standard InChI is InChI=1S/C24H23N5O3/c1-5-32-24(31)26-20-13-18(19-11-12-21(30)29(28-19)15(2)3)23(17-9-7-6-8-10-17)27-22(20)16(4)14-25/h6-13,15H,4-5H2,1-3H3,(H,26,31). The second kappa shape index (κ2) is 9.71. The summed E-state index contributed by atoms with van der Waals surface area (Å²) in [5, 5.41) is 16.6. The van der Waals surface area contributed by atoms with Gasteiger partial charge in [0.15, 0.2) is 0 Å². The molecule has 0 aliphatic heterocycles. The molecule has 162 valence electrons. The number of carbonyl (C=O) groups is 1. The van der Waals surface area contributed by atoms with Crippen molar-refractivity contribution >= 4 is 17.4 Å². The number of anilines is 1. The van der Waals surface area contributed by atoms with E-state index in [1.165, 1.54) is 10.7 Å². The first-order valence-corrected chi connectivity index (χ1v) is 10.1. The molecule has 32 heavy (non-hydrogen) atoms. The number of hydrogen-bond donors (Lipinski definition) is 1. The summed E-state index contributed by atoms with van der Waals surface area (Å²) in [6.07, 6.45) is -0.681. The number of pyridine rings is 1. The second-order valence-electron chi connectivity index (χ2n) is 7.18. The fraction of sp³-hybridized carbons (Fsp3) is 0.208. The Bertz CT molecular complexity index is 1260. The molecule has 8 heteroatoms. The van der Waals surface area contributed by atoms with Crippen molar-refractivity contribution in [2.75, 3.05) is 11.9 Å². The number of nitrogens with one attached hydrogen (secondary N) is 1. The van der Waals surface area contributed by atoms with Gasteiger partial charge in [-0.2, -0.15) is 10.4 Å². The zero-order chi connectivity index (χ0) is 23.3. The van der Waals surface area contributed by atoms with Crippen LogP contribution in [0.2, 0.25) is 0 Å². The van der Waals surface area contributed by atoms with E-state index in [9.17, 15) is 14.9 Å². The summed E-state index contributed by atoms with van der Waals surface area (Å²) in [7, 11) is 0. The molecular formula is C24H23N5O3. The lowest BCUT2D eigenvalue weighted by Gasteiger charge is -2.17. The van der Waals surface area contributed by atoms with E-state index in [0.29, 0.717) is 17.0 Å². The number of allylic oxidation sites excluding steroid dienone is 1. The number of benzene rings is 1. The SMILES string of the molecule is C=C(C#N)c1nc(-c2ccccc2)c(-c2ccc(=O)n(C(C)C)n2)cc1NC(=O)OCC. The van der Waals surface area contributed by atoms with Gasteiger partial charge in [-0.3, -0.25) is 10.1 Å². The van der Waals surface area contributed by atoms with Crippen LogP contribution in [0.5, 0.6) is 0 Å². The van der Waals surface area contributed by atoms with Crippen LogP contribution in [0.1, 0.15) is 32.5 Å². The number of amides is 1. The molecule has 1 N–H and O–H groups in total. The Labute approximate surface area is 185 Å². The maximum atomic E-state index is 12.2. The number of ether oxygens (including phenoxy) is 1. The molecule has 0 radical (unpaired) electrons. The summed E-state index contributed by atoms with van der Waals surface area (Å²) in [5.74, 6) is 0. The van der Waals surface area contributed by atoms with Gasteiger partial charge in [0, 0.05) is 17.2 Å². The average molecular weight is 429 g/mol. The monoisotopic (exact) mass is 429 g/mol. The third kappa shape index (κ3) is 4.73. The number of carbonyl (C=O) groups excluding carboxylic acids is 1. The summed E-state index contributed by atoms with van der Waals surface area (Å²) in [6.45, 7) is 9.37. The Hall–Kier alpha value is -4.25. The molecule has 0 aliphatic carbocycles. The molecule has 0 bridgehead atoms. The molecule has 0 atom stereocenters. The highest BCUT2D eigenvalue weighted by molar-refractivity contribution is 5.94. The molecule has 0 saturated carbocycles. The van der Waals surface area contributed by atoms with Crippen LogP contribution in [0, 0.1) is 11.3 Å². The molecule has 0 unspecified atom stereocenters.